The SMILES string of the molecule is CC(C)Nc1cc(C(=O)Nc2cccc3cccnc23)nc(-c2ccccc2)n1. The fraction of sp³-hybridized carbons (Fsp3) is 0.130. The molecular weight excluding hydrogens is 362 g/mol. The maximum absolute atomic E-state index is 13.0. The minimum Gasteiger partial charge on any atom is -0.368 e. The van der Waals surface area contributed by atoms with Gasteiger partial charge >= 0.3 is 0 Å². The van der Waals surface area contributed by atoms with E-state index in [0.717, 1.165) is 16.5 Å². The molecule has 2 heterocycles. The lowest BCUT2D eigenvalue weighted by molar-refractivity contribution is 0.102. The summed E-state index contributed by atoms with van der Waals surface area (Å²) in [5.41, 5.74) is 2.52. The molecular formula is C23H21N5O. The Balaban J connectivity index is 1.72. The van der Waals surface area contributed by atoms with E-state index in [-0.39, 0.29) is 17.6 Å². The predicted molar refractivity (Wildman–Crippen MR) is 116 cm³/mol. The van der Waals surface area contributed by atoms with Gasteiger partial charge in [0.15, 0.2) is 5.82 Å². The average Bonchev–Trinajstić information content (AvgIpc) is 2.74. The maximum Gasteiger partial charge on any atom is 0.274 e. The van der Waals surface area contributed by atoms with Crippen LogP contribution in [0.2, 0.25) is 0 Å². The summed E-state index contributed by atoms with van der Waals surface area (Å²) < 4.78 is 0. The molecule has 0 aliphatic heterocycles. The highest BCUT2D eigenvalue weighted by molar-refractivity contribution is 6.07. The number of nitrogens with zero attached hydrogens (tertiary/aromatic N) is 3. The van der Waals surface area contributed by atoms with Crippen molar-refractivity contribution < 1.29 is 4.79 Å². The average molecular weight is 383 g/mol. The Morgan fingerprint density at radius 2 is 1.72 bits per heavy atom. The van der Waals surface area contributed by atoms with Crippen LogP contribution >= 0.6 is 0 Å². The van der Waals surface area contributed by atoms with Crippen LogP contribution in [0.1, 0.15) is 24.3 Å². The van der Waals surface area contributed by atoms with Crippen molar-refractivity contribution in [3.63, 3.8) is 0 Å². The van der Waals surface area contributed by atoms with Crippen LogP contribution in [0.5, 0.6) is 0 Å². The minimum atomic E-state index is -0.311. The van der Waals surface area contributed by atoms with Crippen LogP contribution in [-0.4, -0.2) is 26.9 Å². The molecule has 0 spiro atoms. The molecule has 6 nitrogen and oxygen atoms in total. The lowest BCUT2D eigenvalue weighted by atomic mass is 10.2. The number of rotatable bonds is 5. The van der Waals surface area contributed by atoms with Crippen LogP contribution in [0.4, 0.5) is 11.5 Å². The van der Waals surface area contributed by atoms with Gasteiger partial charge in [-0.2, -0.15) is 0 Å². The summed E-state index contributed by atoms with van der Waals surface area (Å²) in [6, 6.07) is 21.0. The Kier molecular flexibility index (Phi) is 5.16. The van der Waals surface area contributed by atoms with Crippen LogP contribution in [0, 0.1) is 0 Å². The molecule has 0 bridgehead atoms. The Hall–Kier alpha value is -3.80. The zero-order valence-electron chi connectivity index (χ0n) is 16.3. The van der Waals surface area contributed by atoms with E-state index >= 15 is 0 Å². The molecule has 29 heavy (non-hydrogen) atoms. The molecule has 2 aromatic carbocycles. The first-order chi connectivity index (χ1) is 14.1. The highest BCUT2D eigenvalue weighted by Gasteiger charge is 2.15. The molecule has 0 fully saturated rings. The number of para-hydroxylation sites is 1. The number of anilines is 2. The second kappa shape index (κ2) is 8.06. The summed E-state index contributed by atoms with van der Waals surface area (Å²) in [6.07, 6.45) is 1.71. The molecule has 144 valence electrons. The lowest BCUT2D eigenvalue weighted by Gasteiger charge is -2.13. The van der Waals surface area contributed by atoms with E-state index < -0.39 is 0 Å². The van der Waals surface area contributed by atoms with Gasteiger partial charge in [-0.25, -0.2) is 9.97 Å². The van der Waals surface area contributed by atoms with Gasteiger partial charge in [-0.3, -0.25) is 9.78 Å². The van der Waals surface area contributed by atoms with Crippen molar-refractivity contribution in [1.29, 1.82) is 0 Å². The van der Waals surface area contributed by atoms with Crippen molar-refractivity contribution in [1.82, 2.24) is 15.0 Å². The van der Waals surface area contributed by atoms with Crippen molar-refractivity contribution in [2.45, 2.75) is 19.9 Å². The first-order valence-corrected chi connectivity index (χ1v) is 9.46. The van der Waals surface area contributed by atoms with E-state index in [1.807, 2.05) is 74.5 Å². The summed E-state index contributed by atoms with van der Waals surface area (Å²) in [5, 5.41) is 7.16. The molecule has 0 unspecified atom stereocenters. The molecule has 1 amide bonds. The number of pyridine rings is 1. The molecule has 2 aromatic heterocycles. The highest BCUT2D eigenvalue weighted by atomic mass is 16.1. The molecule has 6 heteroatoms. The number of hydrogen-bond donors (Lipinski definition) is 2. The molecule has 0 saturated heterocycles. The van der Waals surface area contributed by atoms with Crippen LogP contribution in [-0.2, 0) is 0 Å². The summed E-state index contributed by atoms with van der Waals surface area (Å²) >= 11 is 0. The van der Waals surface area contributed by atoms with Gasteiger partial charge in [0.25, 0.3) is 5.91 Å². The maximum atomic E-state index is 13.0. The number of nitrogens with one attached hydrogen (secondary N) is 2. The molecule has 4 aromatic rings. The van der Waals surface area contributed by atoms with Crippen molar-refractivity contribution >= 4 is 28.3 Å². The summed E-state index contributed by atoms with van der Waals surface area (Å²) in [4.78, 5) is 26.5. The Bertz CT molecular complexity index is 1150. The Labute approximate surface area is 169 Å². The molecule has 0 aliphatic carbocycles. The number of aromatic nitrogens is 3. The predicted octanol–water partition coefficient (Wildman–Crippen LogP) is 4.76. The summed E-state index contributed by atoms with van der Waals surface area (Å²) in [7, 11) is 0. The van der Waals surface area contributed by atoms with Crippen molar-refractivity contribution in [2.24, 2.45) is 0 Å². The lowest BCUT2D eigenvalue weighted by Crippen LogP contribution is -2.17. The van der Waals surface area contributed by atoms with Gasteiger partial charge in [0.1, 0.15) is 11.5 Å². The van der Waals surface area contributed by atoms with Gasteiger partial charge in [0.2, 0.25) is 0 Å². The van der Waals surface area contributed by atoms with E-state index in [1.165, 1.54) is 0 Å². The monoisotopic (exact) mass is 383 g/mol. The number of amides is 1. The van der Waals surface area contributed by atoms with Crippen LogP contribution in [0.25, 0.3) is 22.3 Å². The van der Waals surface area contributed by atoms with E-state index in [2.05, 4.69) is 25.6 Å². The zero-order valence-corrected chi connectivity index (χ0v) is 16.3. The first kappa shape index (κ1) is 18.6. The largest absolute Gasteiger partial charge is 0.368 e. The van der Waals surface area contributed by atoms with Gasteiger partial charge < -0.3 is 10.6 Å². The second-order valence-corrected chi connectivity index (χ2v) is 6.96. The highest BCUT2D eigenvalue weighted by Crippen LogP contribution is 2.23. The van der Waals surface area contributed by atoms with Gasteiger partial charge in [0, 0.05) is 29.3 Å². The van der Waals surface area contributed by atoms with Crippen LogP contribution in [0.15, 0.2) is 72.9 Å². The molecule has 4 rings (SSSR count). The topological polar surface area (TPSA) is 79.8 Å². The molecule has 0 aliphatic rings. The van der Waals surface area contributed by atoms with Gasteiger partial charge in [-0.15, -0.1) is 0 Å². The van der Waals surface area contributed by atoms with Crippen molar-refractivity contribution in [3.8, 4) is 11.4 Å². The summed E-state index contributed by atoms with van der Waals surface area (Å²) in [6.45, 7) is 4.04. The molecule has 0 atom stereocenters. The normalized spacial score (nSPS) is 10.9. The number of carbonyl (C=O) groups is 1. The molecule has 2 N–H and O–H groups in total. The minimum absolute atomic E-state index is 0.173. The van der Waals surface area contributed by atoms with Gasteiger partial charge in [0.05, 0.1) is 11.2 Å². The number of hydrogen-bond acceptors (Lipinski definition) is 5. The number of fused-ring (bicyclic) bond motifs is 1. The molecule has 0 radical (unpaired) electrons. The third-order valence-electron chi connectivity index (χ3n) is 4.31. The quantitative estimate of drug-likeness (QED) is 0.519. The standard InChI is InChI=1S/C23H21N5O/c1-15(2)25-20-14-19(26-22(28-20)17-8-4-3-5-9-17)23(29)27-18-12-6-10-16-11-7-13-24-21(16)18/h3-15H,1-2H3,(H,27,29)(H,25,26,28). The smallest absolute Gasteiger partial charge is 0.274 e. The second-order valence-electron chi connectivity index (χ2n) is 6.96. The van der Waals surface area contributed by atoms with Crippen molar-refractivity contribution in [3.05, 3.63) is 78.6 Å². The van der Waals surface area contributed by atoms with Crippen molar-refractivity contribution in [2.75, 3.05) is 10.6 Å². The van der Waals surface area contributed by atoms with Gasteiger partial charge in [-0.05, 0) is 26.0 Å². The first-order valence-electron chi connectivity index (χ1n) is 9.46. The third kappa shape index (κ3) is 4.21. The fourth-order valence-corrected chi connectivity index (χ4v) is 3.04. The van der Waals surface area contributed by atoms with E-state index in [0.29, 0.717) is 17.3 Å². The fourth-order valence-electron chi connectivity index (χ4n) is 3.04. The van der Waals surface area contributed by atoms with Gasteiger partial charge in [-0.1, -0.05) is 48.5 Å². The third-order valence-corrected chi connectivity index (χ3v) is 4.31. The number of carbonyl (C=O) groups excluding carboxylic acids is 1. The van der Waals surface area contributed by atoms with E-state index in [1.54, 1.807) is 12.3 Å². The van der Waals surface area contributed by atoms with E-state index in [4.69, 9.17) is 0 Å². The van der Waals surface area contributed by atoms with Crippen LogP contribution < -0.4 is 10.6 Å². The Morgan fingerprint density at radius 3 is 2.52 bits per heavy atom. The zero-order chi connectivity index (χ0) is 20.2. The van der Waals surface area contributed by atoms with Crippen LogP contribution in [0.3, 0.4) is 0 Å². The Morgan fingerprint density at radius 1 is 0.931 bits per heavy atom. The molecule has 0 saturated carbocycles. The number of benzene rings is 2. The van der Waals surface area contributed by atoms with E-state index in [9.17, 15) is 4.79 Å². The summed E-state index contributed by atoms with van der Waals surface area (Å²) in [5.74, 6) is 0.794.